The molecule has 1 aliphatic heterocycles. The highest BCUT2D eigenvalue weighted by Crippen LogP contribution is 2.18. The van der Waals surface area contributed by atoms with Crippen molar-refractivity contribution in [1.82, 2.24) is 23.6 Å². The standard InChI is InChI=1S/C15H21N5O2/c1-10-11(2)20-6-5-19(9-13(20)16-10)8-12-7-14(21)18(4)15(22)17(12)3/h7H,5-6,8-9H2,1-4H3. The number of imidazole rings is 1. The maximum absolute atomic E-state index is 12.0. The van der Waals surface area contributed by atoms with Gasteiger partial charge in [0.2, 0.25) is 0 Å². The summed E-state index contributed by atoms with van der Waals surface area (Å²) in [6, 6.07) is 1.54. The van der Waals surface area contributed by atoms with Gasteiger partial charge in [-0.25, -0.2) is 9.78 Å². The molecule has 0 atom stereocenters. The van der Waals surface area contributed by atoms with Crippen molar-refractivity contribution in [2.45, 2.75) is 33.5 Å². The molecule has 3 rings (SSSR count). The summed E-state index contributed by atoms with van der Waals surface area (Å²) in [6.45, 7) is 7.19. The van der Waals surface area contributed by atoms with Gasteiger partial charge in [0.25, 0.3) is 5.56 Å². The molecule has 0 fully saturated rings. The smallest absolute Gasteiger partial charge is 0.330 e. The lowest BCUT2D eigenvalue weighted by Crippen LogP contribution is -2.40. The quantitative estimate of drug-likeness (QED) is 0.778. The molecule has 0 unspecified atom stereocenters. The van der Waals surface area contributed by atoms with Crippen LogP contribution in [0.4, 0.5) is 0 Å². The topological polar surface area (TPSA) is 65.1 Å². The first kappa shape index (κ1) is 14.8. The second-order valence-corrected chi connectivity index (χ2v) is 5.94. The molecule has 0 amide bonds. The molecule has 7 nitrogen and oxygen atoms in total. The molecule has 118 valence electrons. The molecule has 7 heteroatoms. The minimum absolute atomic E-state index is 0.261. The fourth-order valence-corrected chi connectivity index (χ4v) is 2.96. The van der Waals surface area contributed by atoms with Crippen molar-refractivity contribution < 1.29 is 0 Å². The van der Waals surface area contributed by atoms with Crippen LogP contribution >= 0.6 is 0 Å². The van der Waals surface area contributed by atoms with Crippen molar-refractivity contribution in [3.05, 3.63) is 49.8 Å². The van der Waals surface area contributed by atoms with Crippen LogP contribution in [0.3, 0.4) is 0 Å². The molecule has 22 heavy (non-hydrogen) atoms. The van der Waals surface area contributed by atoms with Crippen LogP contribution in [0.25, 0.3) is 0 Å². The van der Waals surface area contributed by atoms with Crippen molar-refractivity contribution in [2.24, 2.45) is 14.1 Å². The molecular weight excluding hydrogens is 282 g/mol. The highest BCUT2D eigenvalue weighted by Gasteiger charge is 2.21. The molecule has 0 saturated heterocycles. The van der Waals surface area contributed by atoms with Gasteiger partial charge in [0.1, 0.15) is 5.82 Å². The van der Waals surface area contributed by atoms with Crippen LogP contribution in [0.1, 0.15) is 22.9 Å². The Morgan fingerprint density at radius 1 is 1.14 bits per heavy atom. The third kappa shape index (κ3) is 2.31. The van der Waals surface area contributed by atoms with Gasteiger partial charge < -0.3 is 4.57 Å². The molecular formula is C15H21N5O2. The highest BCUT2D eigenvalue weighted by atomic mass is 16.2. The van der Waals surface area contributed by atoms with Gasteiger partial charge in [-0.05, 0) is 13.8 Å². The average Bonchev–Trinajstić information content (AvgIpc) is 2.77. The van der Waals surface area contributed by atoms with E-state index in [0.717, 1.165) is 41.4 Å². The lowest BCUT2D eigenvalue weighted by Gasteiger charge is -2.28. The molecule has 0 spiro atoms. The number of hydrogen-bond donors (Lipinski definition) is 0. The van der Waals surface area contributed by atoms with Crippen LogP contribution < -0.4 is 11.2 Å². The van der Waals surface area contributed by atoms with Crippen molar-refractivity contribution in [2.75, 3.05) is 6.54 Å². The van der Waals surface area contributed by atoms with Crippen molar-refractivity contribution >= 4 is 0 Å². The van der Waals surface area contributed by atoms with E-state index < -0.39 is 0 Å². The Labute approximate surface area is 128 Å². The van der Waals surface area contributed by atoms with Crippen LogP contribution in [0, 0.1) is 13.8 Å². The Morgan fingerprint density at radius 2 is 1.86 bits per heavy atom. The molecule has 0 bridgehead atoms. The van der Waals surface area contributed by atoms with Gasteiger partial charge in [0, 0.05) is 51.2 Å². The predicted octanol–water partition coefficient (Wildman–Crippen LogP) is -0.0869. The molecule has 2 aromatic rings. The molecule has 0 N–H and O–H groups in total. The van der Waals surface area contributed by atoms with Gasteiger partial charge in [-0.15, -0.1) is 0 Å². The number of hydrogen-bond acceptors (Lipinski definition) is 4. The van der Waals surface area contributed by atoms with E-state index in [-0.39, 0.29) is 11.2 Å². The van der Waals surface area contributed by atoms with Crippen molar-refractivity contribution in [1.29, 1.82) is 0 Å². The highest BCUT2D eigenvalue weighted by molar-refractivity contribution is 5.15. The van der Waals surface area contributed by atoms with Gasteiger partial charge in [0.05, 0.1) is 12.2 Å². The maximum atomic E-state index is 12.0. The first-order chi connectivity index (χ1) is 10.4. The summed E-state index contributed by atoms with van der Waals surface area (Å²) in [5.41, 5.74) is 2.48. The Balaban J connectivity index is 1.87. The van der Waals surface area contributed by atoms with Gasteiger partial charge in [-0.1, -0.05) is 0 Å². The second-order valence-electron chi connectivity index (χ2n) is 5.94. The van der Waals surface area contributed by atoms with Crippen LogP contribution in [0.15, 0.2) is 15.7 Å². The second kappa shape index (κ2) is 5.24. The fraction of sp³-hybridized carbons (Fsp3) is 0.533. The summed E-state index contributed by atoms with van der Waals surface area (Å²) in [4.78, 5) is 30.6. The summed E-state index contributed by atoms with van der Waals surface area (Å²) < 4.78 is 4.91. The largest absolute Gasteiger partial charge is 0.330 e. The van der Waals surface area contributed by atoms with Crippen LogP contribution in [-0.2, 0) is 33.7 Å². The minimum Gasteiger partial charge on any atom is -0.330 e. The van der Waals surface area contributed by atoms with E-state index in [1.807, 2.05) is 6.92 Å². The number of aryl methyl sites for hydroxylation is 1. The molecule has 0 aliphatic carbocycles. The fourth-order valence-electron chi connectivity index (χ4n) is 2.96. The number of fused-ring (bicyclic) bond motifs is 1. The Morgan fingerprint density at radius 3 is 2.59 bits per heavy atom. The summed E-state index contributed by atoms with van der Waals surface area (Å²) in [7, 11) is 3.20. The van der Waals surface area contributed by atoms with Crippen molar-refractivity contribution in [3.63, 3.8) is 0 Å². The predicted molar refractivity (Wildman–Crippen MR) is 82.7 cm³/mol. The SMILES string of the molecule is Cc1nc2n(c1C)CCN(Cc1cc(=O)n(C)c(=O)n1C)C2. The van der Waals surface area contributed by atoms with Gasteiger partial charge in [-0.3, -0.25) is 18.8 Å². The Kier molecular flexibility index (Phi) is 3.52. The third-order valence-corrected chi connectivity index (χ3v) is 4.55. The zero-order valence-electron chi connectivity index (χ0n) is 13.5. The van der Waals surface area contributed by atoms with E-state index in [4.69, 9.17) is 0 Å². The summed E-state index contributed by atoms with van der Waals surface area (Å²) >= 11 is 0. The van der Waals surface area contributed by atoms with Crippen LogP contribution in [0.5, 0.6) is 0 Å². The zero-order chi connectivity index (χ0) is 16.0. The summed E-state index contributed by atoms with van der Waals surface area (Å²) in [6.07, 6.45) is 0. The Hall–Kier alpha value is -2.15. The molecule has 2 aromatic heterocycles. The van der Waals surface area contributed by atoms with E-state index >= 15 is 0 Å². The monoisotopic (exact) mass is 303 g/mol. The summed E-state index contributed by atoms with van der Waals surface area (Å²) in [5.74, 6) is 1.05. The summed E-state index contributed by atoms with van der Waals surface area (Å²) in [5, 5.41) is 0. The molecule has 1 aliphatic rings. The van der Waals surface area contributed by atoms with Gasteiger partial charge in [-0.2, -0.15) is 0 Å². The minimum atomic E-state index is -0.285. The molecule has 0 saturated carbocycles. The number of rotatable bonds is 2. The average molecular weight is 303 g/mol. The van der Waals surface area contributed by atoms with Crippen LogP contribution in [-0.4, -0.2) is 30.1 Å². The first-order valence-electron chi connectivity index (χ1n) is 7.39. The zero-order valence-corrected chi connectivity index (χ0v) is 13.5. The number of nitrogens with zero attached hydrogens (tertiary/aromatic N) is 5. The first-order valence-corrected chi connectivity index (χ1v) is 7.39. The Bertz CT molecular complexity index is 843. The van der Waals surface area contributed by atoms with E-state index in [0.29, 0.717) is 6.54 Å². The van der Waals surface area contributed by atoms with Gasteiger partial charge in [0.15, 0.2) is 0 Å². The van der Waals surface area contributed by atoms with Crippen molar-refractivity contribution in [3.8, 4) is 0 Å². The third-order valence-electron chi connectivity index (χ3n) is 4.55. The lowest BCUT2D eigenvalue weighted by atomic mass is 10.3. The molecule has 0 aromatic carbocycles. The normalized spacial score (nSPS) is 15.1. The van der Waals surface area contributed by atoms with Gasteiger partial charge >= 0.3 is 5.69 Å². The van der Waals surface area contributed by atoms with Crippen LogP contribution in [0.2, 0.25) is 0 Å². The van der Waals surface area contributed by atoms with E-state index in [2.05, 4.69) is 21.4 Å². The van der Waals surface area contributed by atoms with E-state index in [1.165, 1.54) is 12.7 Å². The molecule has 0 radical (unpaired) electrons. The lowest BCUT2D eigenvalue weighted by molar-refractivity contribution is 0.202. The van der Waals surface area contributed by atoms with E-state index in [9.17, 15) is 9.59 Å². The molecule has 3 heterocycles. The van der Waals surface area contributed by atoms with E-state index in [1.54, 1.807) is 17.7 Å². The maximum Gasteiger partial charge on any atom is 0.330 e. The number of aromatic nitrogens is 4.